The molecule has 11 heteroatoms. The van der Waals surface area contributed by atoms with Gasteiger partial charge in [0.05, 0.1) is 4.92 Å². The summed E-state index contributed by atoms with van der Waals surface area (Å²) in [4.78, 5) is 9.73. The maximum absolute atomic E-state index is 10.1. The summed E-state index contributed by atoms with van der Waals surface area (Å²) in [5.74, 6) is 0. The first kappa shape index (κ1) is 21.1. The topological polar surface area (TPSA) is 46.1 Å². The molecule has 0 saturated carbocycles. The summed E-state index contributed by atoms with van der Waals surface area (Å²) in [6.45, 7) is 1.64. The third-order valence-electron chi connectivity index (χ3n) is 0.897. The van der Waals surface area contributed by atoms with Crippen molar-refractivity contribution < 1.29 is 35.2 Å². The van der Waals surface area contributed by atoms with Gasteiger partial charge in [0, 0.05) is 0 Å². The van der Waals surface area contributed by atoms with E-state index in [0.29, 0.717) is 0 Å². The molecule has 0 spiro atoms. The molecule has 0 heterocycles. The molecule has 104 valence electrons. The Morgan fingerprint density at radius 2 is 1.47 bits per heavy atom. The molecule has 0 amide bonds. The van der Waals surface area contributed by atoms with Crippen molar-refractivity contribution in [3.8, 4) is 0 Å². The monoisotopic (exact) mass is 288 g/mol. The van der Waals surface area contributed by atoms with E-state index in [0.717, 1.165) is 0 Å². The first-order valence-electron chi connectivity index (χ1n) is 3.74. The molecule has 0 fully saturated rings. The van der Waals surface area contributed by atoms with E-state index < -0.39 is 13.1 Å². The largest absolute Gasteiger partial charge is 1.00 e. The maximum Gasteiger partial charge on any atom is -1.00 e. The molecule has 0 aromatic heterocycles. The molecule has 0 saturated heterocycles. The Kier molecular flexibility index (Phi) is 8.96. The number of hydrogen-bond donors (Lipinski definition) is 0. The predicted octanol–water partition coefficient (Wildman–Crippen LogP) is 0.476. The van der Waals surface area contributed by atoms with Crippen LogP contribution in [-0.4, -0.2) is 29.8 Å². The number of rotatable bonds is 2. The molecular formula is C6H11F6N2O2P. The van der Waals surface area contributed by atoms with Crippen molar-refractivity contribution in [1.29, 1.82) is 0 Å². The number of nitro groups is 1. The Morgan fingerprint density at radius 1 is 1.18 bits per heavy atom. The smallest absolute Gasteiger partial charge is 1.00 e. The quantitative estimate of drug-likeness (QED) is 0.185. The second-order valence-electron chi connectivity index (χ2n) is 2.70. The van der Waals surface area contributed by atoms with Crippen molar-refractivity contribution in [3.63, 3.8) is 0 Å². The number of allylic oxidation sites excluding steroid dienone is 2. The summed E-state index contributed by atoms with van der Waals surface area (Å²) in [5.41, 5.74) is 0.116. The van der Waals surface area contributed by atoms with Gasteiger partial charge in [-0.25, -0.2) is 4.58 Å². The minimum atomic E-state index is -8.55. The first-order chi connectivity index (χ1) is 6.81. The predicted molar refractivity (Wildman–Crippen MR) is 51.4 cm³/mol. The summed E-state index contributed by atoms with van der Waals surface area (Å²) in [6.07, 6.45) is 2.92. The van der Waals surface area contributed by atoms with Gasteiger partial charge in [0.1, 0.15) is 14.1 Å². The Balaban J connectivity index is -0.000000244. The van der Waals surface area contributed by atoms with Gasteiger partial charge in [-0.05, 0) is 13.0 Å². The normalized spacial score (nSPS) is 13.2. The zero-order valence-corrected chi connectivity index (χ0v) is 9.98. The van der Waals surface area contributed by atoms with Gasteiger partial charge < -0.3 is 4.70 Å². The molecule has 0 radical (unpaired) electrons. The van der Waals surface area contributed by atoms with Crippen LogP contribution in [0.4, 0.5) is 21.0 Å². The second kappa shape index (κ2) is 7.21. The average Bonchev–Trinajstić information content (AvgIpc) is 1.94. The van der Waals surface area contributed by atoms with Gasteiger partial charge in [-0.15, -0.1) is 0 Å². The summed E-state index contributed by atoms with van der Waals surface area (Å²) in [7, 11) is -5.06. The van der Waals surface area contributed by atoms with Gasteiger partial charge in [0.2, 0.25) is 6.21 Å². The van der Waals surface area contributed by atoms with Crippen LogP contribution in [0.5, 0.6) is 0 Å². The van der Waals surface area contributed by atoms with E-state index in [-0.39, 0.29) is 10.4 Å². The van der Waals surface area contributed by atoms with Gasteiger partial charge in [0.15, 0.2) is 0 Å². The van der Waals surface area contributed by atoms with E-state index in [2.05, 4.69) is 0 Å². The third-order valence-corrected chi connectivity index (χ3v) is 0.897. The van der Waals surface area contributed by atoms with Gasteiger partial charge in [0.25, 0.3) is 0 Å². The van der Waals surface area contributed by atoms with Gasteiger partial charge in [-0.2, -0.15) is 0 Å². The minimum absolute atomic E-state index is 0. The fourth-order valence-electron chi connectivity index (χ4n) is 0.492. The molecule has 4 nitrogen and oxygen atoms in total. The van der Waals surface area contributed by atoms with Crippen LogP contribution in [0.1, 0.15) is 6.92 Å². The van der Waals surface area contributed by atoms with Gasteiger partial charge >= 0.3 is 34.8 Å². The Bertz CT molecular complexity index is 301. The summed E-state index contributed by atoms with van der Waals surface area (Å²) < 4.78 is 50.8. The van der Waals surface area contributed by atoms with E-state index in [4.69, 9.17) is 0 Å². The Morgan fingerprint density at radius 3 is 1.53 bits per heavy atom. The molecule has 0 aromatic rings. The van der Waals surface area contributed by atoms with Crippen LogP contribution >= 0.6 is 8.16 Å². The zero-order valence-electron chi connectivity index (χ0n) is 9.08. The Hall–Kier alpha value is -1.18. The SMILES string of the molecule is C/C=C(/C=[N+](C)C)[N+](=O)[O-].FP(F)(F)(F)F.[F-]. The van der Waals surface area contributed by atoms with Gasteiger partial charge in [-0.3, -0.25) is 10.1 Å². The van der Waals surface area contributed by atoms with Crippen molar-refractivity contribution >= 4 is 14.4 Å². The van der Waals surface area contributed by atoms with Crippen LogP contribution < -0.4 is 4.70 Å². The molecule has 0 aliphatic heterocycles. The van der Waals surface area contributed by atoms with E-state index in [9.17, 15) is 31.1 Å². The third kappa shape index (κ3) is 31.3. The van der Waals surface area contributed by atoms with Crippen molar-refractivity contribution in [3.05, 3.63) is 21.9 Å². The summed E-state index contributed by atoms with van der Waals surface area (Å²) >= 11 is 0. The molecule has 0 rings (SSSR count). The fourth-order valence-corrected chi connectivity index (χ4v) is 0.492. The molecule has 0 atom stereocenters. The molecule has 0 N–H and O–H groups in total. The van der Waals surface area contributed by atoms with Crippen LogP contribution in [0.2, 0.25) is 0 Å². The molecule has 0 bridgehead atoms. The second-order valence-corrected chi connectivity index (χ2v) is 3.98. The van der Waals surface area contributed by atoms with Crippen LogP contribution in [0.25, 0.3) is 0 Å². The number of hydrogen-bond acceptors (Lipinski definition) is 2. The molecule has 0 aliphatic carbocycles. The van der Waals surface area contributed by atoms with Crippen molar-refractivity contribution in [2.75, 3.05) is 14.1 Å². The zero-order chi connectivity index (χ0) is 13.6. The molecule has 0 unspecified atom stereocenters. The molecule has 17 heavy (non-hydrogen) atoms. The average molecular weight is 288 g/mol. The van der Waals surface area contributed by atoms with Gasteiger partial charge in [-0.1, -0.05) is 0 Å². The summed E-state index contributed by atoms with van der Waals surface area (Å²) in [6, 6.07) is 0. The van der Waals surface area contributed by atoms with Crippen molar-refractivity contribution in [2.24, 2.45) is 0 Å². The van der Waals surface area contributed by atoms with Crippen molar-refractivity contribution in [1.82, 2.24) is 0 Å². The fraction of sp³-hybridized carbons (Fsp3) is 0.500. The van der Waals surface area contributed by atoms with E-state index in [1.54, 1.807) is 25.6 Å². The Labute approximate surface area is 93.5 Å². The molecule has 0 aliphatic rings. The van der Waals surface area contributed by atoms with E-state index in [1.807, 2.05) is 0 Å². The number of nitrogens with zero attached hydrogens (tertiary/aromatic N) is 2. The van der Waals surface area contributed by atoms with Crippen LogP contribution in [0.3, 0.4) is 0 Å². The minimum Gasteiger partial charge on any atom is -1.00 e. The number of halogens is 6. The van der Waals surface area contributed by atoms with Crippen molar-refractivity contribution in [2.45, 2.75) is 6.92 Å². The van der Waals surface area contributed by atoms with E-state index >= 15 is 0 Å². The van der Waals surface area contributed by atoms with Crippen LogP contribution in [-0.2, 0) is 0 Å². The molecular weight excluding hydrogens is 277 g/mol. The van der Waals surface area contributed by atoms with Crippen LogP contribution in [0, 0.1) is 10.1 Å². The standard InChI is InChI=1S/C6H11N2O2.F5P.FH/c1-4-6(8(9)10)5-7(2)3;1-6(2,3,4)5;/h4-5H,1-3H3;;1H/q+1;;/p-1/b6-4-;;. The summed E-state index contributed by atoms with van der Waals surface area (Å²) in [5, 5.41) is 10.1. The van der Waals surface area contributed by atoms with E-state index in [1.165, 1.54) is 12.3 Å². The first-order valence-corrected chi connectivity index (χ1v) is 5.43. The maximum atomic E-state index is 10.1. The molecule has 0 aromatic carbocycles. The van der Waals surface area contributed by atoms with Crippen LogP contribution in [0.15, 0.2) is 11.8 Å².